The summed E-state index contributed by atoms with van der Waals surface area (Å²) in [5.41, 5.74) is 12.6. The van der Waals surface area contributed by atoms with Gasteiger partial charge in [-0.15, -0.1) is 0 Å². The van der Waals surface area contributed by atoms with Gasteiger partial charge in [-0.1, -0.05) is 163 Å². The van der Waals surface area contributed by atoms with Gasteiger partial charge in [0.1, 0.15) is 0 Å². The van der Waals surface area contributed by atoms with Gasteiger partial charge in [0.25, 0.3) is 0 Å². The predicted molar refractivity (Wildman–Crippen MR) is 194 cm³/mol. The smallest absolute Gasteiger partial charge is 0.0719 e. The van der Waals surface area contributed by atoms with Gasteiger partial charge in [-0.2, -0.15) is 0 Å². The molecule has 1 heterocycles. The number of rotatable bonds is 3. The first-order chi connectivity index (χ1) is 22.8. The first kappa shape index (κ1) is 25.9. The van der Waals surface area contributed by atoms with Gasteiger partial charge in [-0.3, -0.25) is 0 Å². The molecule has 214 valence electrons. The molecule has 0 nitrogen and oxygen atoms in total. The van der Waals surface area contributed by atoms with E-state index in [2.05, 4.69) is 170 Å². The van der Waals surface area contributed by atoms with Crippen molar-refractivity contribution in [2.75, 3.05) is 0 Å². The van der Waals surface area contributed by atoms with E-state index in [1.807, 2.05) is 11.8 Å². The van der Waals surface area contributed by atoms with E-state index >= 15 is 0 Å². The lowest BCUT2D eigenvalue weighted by atomic mass is 9.66. The predicted octanol–water partition coefficient (Wildman–Crippen LogP) is 12.2. The maximum atomic E-state index is 2.48. The summed E-state index contributed by atoms with van der Waals surface area (Å²) < 4.78 is 0. The molecule has 1 heteroatoms. The van der Waals surface area contributed by atoms with Crippen molar-refractivity contribution < 1.29 is 0 Å². The molecule has 0 saturated carbocycles. The first-order valence-corrected chi connectivity index (χ1v) is 16.7. The summed E-state index contributed by atoms with van der Waals surface area (Å²) in [6.45, 7) is 0. The molecule has 8 aromatic rings. The highest BCUT2D eigenvalue weighted by Crippen LogP contribution is 2.59. The Hall–Kier alpha value is -5.37. The van der Waals surface area contributed by atoms with Crippen LogP contribution in [0.3, 0.4) is 0 Å². The van der Waals surface area contributed by atoms with Gasteiger partial charge in [0.05, 0.1) is 5.41 Å². The lowest BCUT2D eigenvalue weighted by Gasteiger charge is -2.35. The van der Waals surface area contributed by atoms with Crippen LogP contribution in [0.1, 0.15) is 22.3 Å². The fourth-order valence-corrected chi connectivity index (χ4v) is 9.38. The number of hydrogen-bond donors (Lipinski definition) is 0. The molecule has 0 atom stereocenters. The first-order valence-electron chi connectivity index (χ1n) is 15.9. The molecule has 8 aromatic carbocycles. The lowest BCUT2D eigenvalue weighted by molar-refractivity contribution is 0.776. The molecular formula is C45H28S. The molecule has 10 rings (SSSR count). The van der Waals surface area contributed by atoms with Crippen LogP contribution in [0.15, 0.2) is 180 Å². The Morgan fingerprint density at radius 1 is 0.391 bits per heavy atom. The maximum absolute atomic E-state index is 2.48. The second-order valence-electron chi connectivity index (χ2n) is 12.4. The molecule has 0 N–H and O–H groups in total. The molecule has 1 aliphatic heterocycles. The van der Waals surface area contributed by atoms with Crippen LogP contribution in [0.4, 0.5) is 0 Å². The minimum atomic E-state index is -0.457. The SMILES string of the molecule is c1ccc(C2(c3ccccc3)c3cc(-c4ccc5c(c4)Sc4cccc6cccc-5c46)ccc3-c3ccc4ccccc4c32)cc1. The Morgan fingerprint density at radius 2 is 1.02 bits per heavy atom. The van der Waals surface area contributed by atoms with E-state index in [0.29, 0.717) is 0 Å². The van der Waals surface area contributed by atoms with Crippen LogP contribution < -0.4 is 0 Å². The molecule has 1 aliphatic carbocycles. The zero-order chi connectivity index (χ0) is 30.2. The monoisotopic (exact) mass is 600 g/mol. The Balaban J connectivity index is 1.24. The van der Waals surface area contributed by atoms with Crippen LogP contribution in [0.2, 0.25) is 0 Å². The van der Waals surface area contributed by atoms with Gasteiger partial charge in [0.2, 0.25) is 0 Å². The van der Waals surface area contributed by atoms with Crippen molar-refractivity contribution in [3.05, 3.63) is 192 Å². The third kappa shape index (κ3) is 3.52. The molecule has 0 fully saturated rings. The van der Waals surface area contributed by atoms with Gasteiger partial charge in [0.15, 0.2) is 0 Å². The average molecular weight is 601 g/mol. The van der Waals surface area contributed by atoms with E-state index in [4.69, 9.17) is 0 Å². The zero-order valence-electron chi connectivity index (χ0n) is 25.1. The zero-order valence-corrected chi connectivity index (χ0v) is 25.9. The highest BCUT2D eigenvalue weighted by molar-refractivity contribution is 7.99. The lowest BCUT2D eigenvalue weighted by Crippen LogP contribution is -2.28. The van der Waals surface area contributed by atoms with E-state index in [-0.39, 0.29) is 0 Å². The minimum absolute atomic E-state index is 0.457. The molecule has 46 heavy (non-hydrogen) atoms. The summed E-state index contributed by atoms with van der Waals surface area (Å²) in [5, 5.41) is 5.25. The third-order valence-electron chi connectivity index (χ3n) is 10.1. The van der Waals surface area contributed by atoms with Crippen molar-refractivity contribution in [1.29, 1.82) is 0 Å². The standard InChI is InChI=1S/C45H28S/c1-3-14-33(15-4-1)45(34-16-5-2-6-17-34)40-27-31(22-24-36(40)39-26-21-29-11-7-8-18-35(29)44(39)45)32-23-25-37-38-19-9-12-30-13-10-20-41(43(30)38)46-42(37)28-32/h1-28H. The Kier molecular flexibility index (Phi) is 5.53. The second kappa shape index (κ2) is 9.81. The maximum Gasteiger partial charge on any atom is 0.0719 e. The van der Waals surface area contributed by atoms with E-state index in [1.165, 1.54) is 87.0 Å². The molecular weight excluding hydrogens is 573 g/mol. The Morgan fingerprint density at radius 3 is 1.80 bits per heavy atom. The van der Waals surface area contributed by atoms with Crippen molar-refractivity contribution in [2.24, 2.45) is 0 Å². The normalized spacial score (nSPS) is 13.7. The summed E-state index contributed by atoms with van der Waals surface area (Å²) in [4.78, 5) is 2.65. The molecule has 0 bridgehead atoms. The molecule has 0 saturated heterocycles. The van der Waals surface area contributed by atoms with Crippen LogP contribution in [0, 0.1) is 0 Å². The minimum Gasteiger partial charge on any atom is -0.0888 e. The highest BCUT2D eigenvalue weighted by atomic mass is 32.2. The largest absolute Gasteiger partial charge is 0.0888 e. The van der Waals surface area contributed by atoms with Crippen LogP contribution in [-0.4, -0.2) is 0 Å². The summed E-state index contributed by atoms with van der Waals surface area (Å²) in [7, 11) is 0. The molecule has 0 aromatic heterocycles. The van der Waals surface area contributed by atoms with Crippen molar-refractivity contribution >= 4 is 33.3 Å². The average Bonchev–Trinajstić information content (AvgIpc) is 3.43. The molecule has 0 spiro atoms. The van der Waals surface area contributed by atoms with Crippen LogP contribution >= 0.6 is 11.8 Å². The van der Waals surface area contributed by atoms with E-state index in [9.17, 15) is 0 Å². The molecule has 2 aliphatic rings. The van der Waals surface area contributed by atoms with Gasteiger partial charge in [-0.05, 0) is 90.0 Å². The van der Waals surface area contributed by atoms with Crippen molar-refractivity contribution in [3.63, 3.8) is 0 Å². The fraction of sp³-hybridized carbons (Fsp3) is 0.0222. The fourth-order valence-electron chi connectivity index (χ4n) is 8.19. The van der Waals surface area contributed by atoms with Crippen molar-refractivity contribution in [1.82, 2.24) is 0 Å². The molecule has 0 amide bonds. The summed E-state index contributed by atoms with van der Waals surface area (Å²) >= 11 is 1.89. The van der Waals surface area contributed by atoms with Crippen molar-refractivity contribution in [3.8, 4) is 33.4 Å². The second-order valence-corrected chi connectivity index (χ2v) is 13.5. The van der Waals surface area contributed by atoms with Gasteiger partial charge in [-0.25, -0.2) is 0 Å². The quantitative estimate of drug-likeness (QED) is 0.194. The van der Waals surface area contributed by atoms with Crippen LogP contribution in [0.5, 0.6) is 0 Å². The van der Waals surface area contributed by atoms with E-state index < -0.39 is 5.41 Å². The number of fused-ring (bicyclic) bond motifs is 7. The van der Waals surface area contributed by atoms with E-state index in [0.717, 1.165) is 0 Å². The van der Waals surface area contributed by atoms with Gasteiger partial charge < -0.3 is 0 Å². The molecule has 0 unspecified atom stereocenters. The molecule has 0 radical (unpaired) electrons. The topological polar surface area (TPSA) is 0 Å². The van der Waals surface area contributed by atoms with Crippen molar-refractivity contribution in [2.45, 2.75) is 15.2 Å². The third-order valence-corrected chi connectivity index (χ3v) is 11.2. The van der Waals surface area contributed by atoms with Gasteiger partial charge in [0, 0.05) is 15.2 Å². The number of hydrogen-bond acceptors (Lipinski definition) is 1. The van der Waals surface area contributed by atoms with Crippen LogP contribution in [-0.2, 0) is 5.41 Å². The highest BCUT2D eigenvalue weighted by Gasteiger charge is 2.47. The van der Waals surface area contributed by atoms with E-state index in [1.54, 1.807) is 0 Å². The summed E-state index contributed by atoms with van der Waals surface area (Å²) in [6.07, 6.45) is 0. The summed E-state index contributed by atoms with van der Waals surface area (Å²) in [5.74, 6) is 0. The Bertz CT molecular complexity index is 2450. The number of benzene rings is 8. The van der Waals surface area contributed by atoms with Crippen LogP contribution in [0.25, 0.3) is 54.9 Å². The Labute approximate surface area is 273 Å². The van der Waals surface area contributed by atoms with Gasteiger partial charge >= 0.3 is 0 Å². The summed E-state index contributed by atoms with van der Waals surface area (Å²) in [6, 6.07) is 63.3.